The van der Waals surface area contributed by atoms with Crippen LogP contribution in [0.4, 0.5) is 20.7 Å². The van der Waals surface area contributed by atoms with Crippen LogP contribution in [0.25, 0.3) is 0 Å². The molecule has 28 heavy (non-hydrogen) atoms. The minimum atomic E-state index is -0.519. The number of ether oxygens (including phenoxy) is 1. The average molecular weight is 408 g/mol. The molecular formula is C19H23ClFN5O2. The van der Waals surface area contributed by atoms with Gasteiger partial charge in [0, 0.05) is 37.9 Å². The number of nitrogens with one attached hydrogen (secondary N) is 1. The van der Waals surface area contributed by atoms with E-state index >= 15 is 0 Å². The Labute approximate surface area is 168 Å². The molecule has 1 aromatic heterocycles. The largest absolute Gasteiger partial charge is 0.475 e. The van der Waals surface area contributed by atoms with Gasteiger partial charge in [0.25, 0.3) is 0 Å². The first-order valence-corrected chi connectivity index (χ1v) is 9.48. The van der Waals surface area contributed by atoms with Crippen LogP contribution >= 0.6 is 11.6 Å². The van der Waals surface area contributed by atoms with E-state index in [0.717, 1.165) is 5.82 Å². The maximum atomic E-state index is 13.2. The number of piperazine rings is 1. The van der Waals surface area contributed by atoms with E-state index in [4.69, 9.17) is 16.3 Å². The lowest BCUT2D eigenvalue weighted by Gasteiger charge is -2.35. The standard InChI is InChI=1S/C19H23ClFN5O2/c1-12(2)28-18-11-17(22-13(3)23-18)25-6-8-26(9-7-25)19(27)24-14-4-5-16(21)15(20)10-14/h4-5,10-12H,6-9H2,1-3H3,(H,24,27). The van der Waals surface area contributed by atoms with Crippen molar-refractivity contribution in [1.82, 2.24) is 14.9 Å². The van der Waals surface area contributed by atoms with Gasteiger partial charge in [-0.2, -0.15) is 4.98 Å². The number of nitrogens with zero attached hydrogens (tertiary/aromatic N) is 4. The zero-order chi connectivity index (χ0) is 20.3. The Morgan fingerprint density at radius 2 is 1.93 bits per heavy atom. The smallest absolute Gasteiger partial charge is 0.321 e. The molecule has 0 atom stereocenters. The second kappa shape index (κ2) is 8.60. The number of hydrogen-bond donors (Lipinski definition) is 1. The third kappa shape index (κ3) is 5.01. The summed E-state index contributed by atoms with van der Waals surface area (Å²) in [4.78, 5) is 25.0. The van der Waals surface area contributed by atoms with Crippen LogP contribution in [0.15, 0.2) is 24.3 Å². The van der Waals surface area contributed by atoms with Crippen molar-refractivity contribution in [1.29, 1.82) is 0 Å². The van der Waals surface area contributed by atoms with Crippen molar-refractivity contribution in [3.05, 3.63) is 40.9 Å². The number of halogens is 2. The molecule has 7 nitrogen and oxygen atoms in total. The summed E-state index contributed by atoms with van der Waals surface area (Å²) >= 11 is 5.76. The molecule has 0 spiro atoms. The van der Waals surface area contributed by atoms with Gasteiger partial charge >= 0.3 is 6.03 Å². The molecule has 1 aromatic carbocycles. The summed E-state index contributed by atoms with van der Waals surface area (Å²) < 4.78 is 18.9. The van der Waals surface area contributed by atoms with E-state index in [1.54, 1.807) is 4.90 Å². The highest BCUT2D eigenvalue weighted by molar-refractivity contribution is 6.31. The molecule has 2 amide bonds. The third-order valence-electron chi connectivity index (χ3n) is 4.22. The highest BCUT2D eigenvalue weighted by atomic mass is 35.5. The molecule has 9 heteroatoms. The van der Waals surface area contributed by atoms with Crippen molar-refractivity contribution >= 4 is 29.1 Å². The number of carbonyl (C=O) groups is 1. The molecule has 150 valence electrons. The van der Waals surface area contributed by atoms with Gasteiger partial charge in [-0.15, -0.1) is 0 Å². The minimum absolute atomic E-state index is 0.0267. The van der Waals surface area contributed by atoms with Crippen LogP contribution in [0.1, 0.15) is 19.7 Å². The molecule has 0 aliphatic carbocycles. The van der Waals surface area contributed by atoms with Gasteiger partial charge in [0.2, 0.25) is 5.88 Å². The monoisotopic (exact) mass is 407 g/mol. The number of anilines is 2. The van der Waals surface area contributed by atoms with Gasteiger partial charge in [-0.05, 0) is 39.0 Å². The lowest BCUT2D eigenvalue weighted by Crippen LogP contribution is -2.50. The minimum Gasteiger partial charge on any atom is -0.475 e. The maximum Gasteiger partial charge on any atom is 0.321 e. The van der Waals surface area contributed by atoms with E-state index in [0.29, 0.717) is 43.6 Å². The molecule has 1 saturated heterocycles. The number of urea groups is 1. The molecule has 1 N–H and O–H groups in total. The number of aromatic nitrogens is 2. The summed E-state index contributed by atoms with van der Waals surface area (Å²) in [5, 5.41) is 2.72. The fraction of sp³-hybridized carbons (Fsp3) is 0.421. The van der Waals surface area contributed by atoms with Crippen molar-refractivity contribution in [3.63, 3.8) is 0 Å². The third-order valence-corrected chi connectivity index (χ3v) is 4.51. The predicted molar refractivity (Wildman–Crippen MR) is 107 cm³/mol. The molecular weight excluding hydrogens is 385 g/mol. The molecule has 0 saturated carbocycles. The molecule has 0 unspecified atom stereocenters. The van der Waals surface area contributed by atoms with Crippen LogP contribution in [0, 0.1) is 12.7 Å². The summed E-state index contributed by atoms with van der Waals surface area (Å²) in [6, 6.07) is 5.68. The number of rotatable bonds is 4. The van der Waals surface area contributed by atoms with E-state index in [9.17, 15) is 9.18 Å². The number of amides is 2. The lowest BCUT2D eigenvalue weighted by atomic mass is 10.3. The Kier molecular flexibility index (Phi) is 6.18. The summed E-state index contributed by atoms with van der Waals surface area (Å²) in [6.07, 6.45) is 0.0302. The number of carbonyl (C=O) groups excluding carboxylic acids is 1. The van der Waals surface area contributed by atoms with E-state index in [1.807, 2.05) is 26.8 Å². The molecule has 0 bridgehead atoms. The van der Waals surface area contributed by atoms with Crippen LogP contribution in [0.2, 0.25) is 5.02 Å². The van der Waals surface area contributed by atoms with Gasteiger partial charge in [0.15, 0.2) is 0 Å². The zero-order valence-electron chi connectivity index (χ0n) is 16.1. The highest BCUT2D eigenvalue weighted by Crippen LogP contribution is 2.22. The van der Waals surface area contributed by atoms with Crippen LogP contribution < -0.4 is 15.0 Å². The highest BCUT2D eigenvalue weighted by Gasteiger charge is 2.23. The Hall–Kier alpha value is -2.61. The van der Waals surface area contributed by atoms with Crippen LogP contribution in [-0.4, -0.2) is 53.2 Å². The van der Waals surface area contributed by atoms with Gasteiger partial charge in [0.1, 0.15) is 17.5 Å². The van der Waals surface area contributed by atoms with Gasteiger partial charge in [-0.1, -0.05) is 11.6 Å². The Bertz CT molecular complexity index is 856. The zero-order valence-corrected chi connectivity index (χ0v) is 16.8. The molecule has 2 heterocycles. The summed E-state index contributed by atoms with van der Waals surface area (Å²) in [5.41, 5.74) is 0.459. The van der Waals surface area contributed by atoms with Crippen LogP contribution in [0.3, 0.4) is 0 Å². The first kappa shape index (κ1) is 20.1. The lowest BCUT2D eigenvalue weighted by molar-refractivity contribution is 0.208. The first-order valence-electron chi connectivity index (χ1n) is 9.10. The van der Waals surface area contributed by atoms with E-state index < -0.39 is 5.82 Å². The average Bonchev–Trinajstić information content (AvgIpc) is 2.64. The van der Waals surface area contributed by atoms with E-state index in [-0.39, 0.29) is 17.2 Å². The summed E-state index contributed by atoms with van der Waals surface area (Å²) in [6.45, 7) is 8.05. The fourth-order valence-corrected chi connectivity index (χ4v) is 3.08. The first-order chi connectivity index (χ1) is 13.3. The predicted octanol–water partition coefficient (Wildman–Crippen LogP) is 3.72. The molecule has 2 aromatic rings. The number of benzene rings is 1. The normalized spacial score (nSPS) is 14.4. The molecule has 1 fully saturated rings. The maximum absolute atomic E-state index is 13.2. The molecule has 1 aliphatic rings. The van der Waals surface area contributed by atoms with E-state index in [1.165, 1.54) is 18.2 Å². The second-order valence-electron chi connectivity index (χ2n) is 6.81. The summed E-state index contributed by atoms with van der Waals surface area (Å²) in [5.74, 6) is 1.45. The quantitative estimate of drug-likeness (QED) is 0.836. The SMILES string of the molecule is Cc1nc(OC(C)C)cc(N2CCN(C(=O)Nc3ccc(F)c(Cl)c3)CC2)n1. The Balaban J connectivity index is 1.60. The topological polar surface area (TPSA) is 70.6 Å². The van der Waals surface area contributed by atoms with Crippen molar-refractivity contribution in [3.8, 4) is 5.88 Å². The fourth-order valence-electron chi connectivity index (χ4n) is 2.90. The van der Waals surface area contributed by atoms with Gasteiger partial charge < -0.3 is 19.9 Å². The van der Waals surface area contributed by atoms with Gasteiger partial charge in [-0.3, -0.25) is 0 Å². The van der Waals surface area contributed by atoms with Crippen LogP contribution in [-0.2, 0) is 0 Å². The van der Waals surface area contributed by atoms with Crippen molar-refractivity contribution < 1.29 is 13.9 Å². The van der Waals surface area contributed by atoms with E-state index in [2.05, 4.69) is 20.2 Å². The number of hydrogen-bond acceptors (Lipinski definition) is 5. The summed E-state index contributed by atoms with van der Waals surface area (Å²) in [7, 11) is 0. The Morgan fingerprint density at radius 1 is 1.21 bits per heavy atom. The Morgan fingerprint density at radius 3 is 2.57 bits per heavy atom. The molecule has 0 radical (unpaired) electrons. The van der Waals surface area contributed by atoms with Gasteiger partial charge in [0.05, 0.1) is 11.1 Å². The number of aryl methyl sites for hydroxylation is 1. The second-order valence-corrected chi connectivity index (χ2v) is 7.22. The van der Waals surface area contributed by atoms with Crippen molar-refractivity contribution in [2.45, 2.75) is 26.9 Å². The van der Waals surface area contributed by atoms with Crippen LogP contribution in [0.5, 0.6) is 5.88 Å². The molecule has 1 aliphatic heterocycles. The van der Waals surface area contributed by atoms with Crippen molar-refractivity contribution in [2.24, 2.45) is 0 Å². The van der Waals surface area contributed by atoms with Gasteiger partial charge in [-0.25, -0.2) is 14.2 Å². The molecule has 3 rings (SSSR count). The van der Waals surface area contributed by atoms with Crippen molar-refractivity contribution in [2.75, 3.05) is 36.4 Å².